The lowest BCUT2D eigenvalue weighted by Gasteiger charge is -2.44. The van der Waals surface area contributed by atoms with Crippen LogP contribution >= 0.6 is 0 Å². The van der Waals surface area contributed by atoms with E-state index in [0.29, 0.717) is 5.41 Å². The van der Waals surface area contributed by atoms with Crippen molar-refractivity contribution in [2.24, 2.45) is 17.3 Å². The maximum absolute atomic E-state index is 3.91. The third-order valence-electron chi connectivity index (χ3n) is 5.42. The van der Waals surface area contributed by atoms with E-state index in [0.717, 1.165) is 17.9 Å². The molecule has 0 radical (unpaired) electrons. The van der Waals surface area contributed by atoms with Crippen LogP contribution in [0.4, 0.5) is 0 Å². The van der Waals surface area contributed by atoms with E-state index in [-0.39, 0.29) is 0 Å². The molecular formula is C15H29N. The molecule has 2 saturated carbocycles. The van der Waals surface area contributed by atoms with Crippen molar-refractivity contribution < 1.29 is 0 Å². The van der Waals surface area contributed by atoms with Gasteiger partial charge in [0.2, 0.25) is 0 Å². The summed E-state index contributed by atoms with van der Waals surface area (Å²) in [5, 5.41) is 3.91. The van der Waals surface area contributed by atoms with Gasteiger partial charge >= 0.3 is 0 Å². The molecule has 1 heteroatoms. The van der Waals surface area contributed by atoms with Gasteiger partial charge in [-0.2, -0.15) is 0 Å². The fourth-order valence-corrected chi connectivity index (χ4v) is 3.75. The van der Waals surface area contributed by atoms with Crippen molar-refractivity contribution in [3.05, 3.63) is 0 Å². The smallest absolute Gasteiger partial charge is 0.0118 e. The Balaban J connectivity index is 1.83. The van der Waals surface area contributed by atoms with Gasteiger partial charge in [0.1, 0.15) is 0 Å². The molecule has 16 heavy (non-hydrogen) atoms. The first-order valence-corrected chi connectivity index (χ1v) is 7.40. The number of rotatable bonds is 4. The van der Waals surface area contributed by atoms with Crippen LogP contribution in [0.1, 0.15) is 65.7 Å². The summed E-state index contributed by atoms with van der Waals surface area (Å²) in [7, 11) is 0. The van der Waals surface area contributed by atoms with Gasteiger partial charge in [-0.15, -0.1) is 0 Å². The van der Waals surface area contributed by atoms with Crippen LogP contribution in [0.5, 0.6) is 0 Å². The zero-order valence-electron chi connectivity index (χ0n) is 11.4. The highest BCUT2D eigenvalue weighted by atomic mass is 14.9. The Morgan fingerprint density at radius 3 is 2.12 bits per heavy atom. The molecule has 0 aromatic rings. The minimum absolute atomic E-state index is 0.677. The third kappa shape index (κ3) is 2.45. The largest absolute Gasteiger partial charge is 0.313 e. The van der Waals surface area contributed by atoms with E-state index in [1.165, 1.54) is 51.5 Å². The lowest BCUT2D eigenvalue weighted by atomic mass is 9.66. The van der Waals surface area contributed by atoms with Gasteiger partial charge in [0.25, 0.3) is 0 Å². The summed E-state index contributed by atoms with van der Waals surface area (Å²) in [6.45, 7) is 8.52. The van der Waals surface area contributed by atoms with Crippen molar-refractivity contribution in [3.8, 4) is 0 Å². The van der Waals surface area contributed by atoms with Gasteiger partial charge in [0.15, 0.2) is 0 Å². The van der Waals surface area contributed by atoms with Crippen molar-refractivity contribution in [3.63, 3.8) is 0 Å². The Morgan fingerprint density at radius 2 is 1.69 bits per heavy atom. The molecule has 2 aliphatic rings. The van der Waals surface area contributed by atoms with E-state index >= 15 is 0 Å². The molecule has 0 aliphatic heterocycles. The quantitative estimate of drug-likeness (QED) is 0.760. The van der Waals surface area contributed by atoms with Gasteiger partial charge in [-0.1, -0.05) is 33.6 Å². The first kappa shape index (κ1) is 12.4. The molecule has 0 aromatic carbocycles. The average Bonchev–Trinajstić information content (AvgIpc) is 2.20. The zero-order chi connectivity index (χ0) is 11.6. The molecule has 0 bridgehead atoms. The van der Waals surface area contributed by atoms with Crippen LogP contribution in [-0.4, -0.2) is 12.6 Å². The topological polar surface area (TPSA) is 12.0 Å². The van der Waals surface area contributed by atoms with Crippen molar-refractivity contribution in [2.45, 2.75) is 71.8 Å². The molecule has 0 spiro atoms. The lowest BCUT2D eigenvalue weighted by molar-refractivity contribution is 0.0994. The van der Waals surface area contributed by atoms with E-state index in [9.17, 15) is 0 Å². The molecule has 2 atom stereocenters. The van der Waals surface area contributed by atoms with Crippen LogP contribution in [0.25, 0.3) is 0 Å². The highest BCUT2D eigenvalue weighted by Gasteiger charge is 2.36. The van der Waals surface area contributed by atoms with Gasteiger partial charge in [-0.3, -0.25) is 0 Å². The van der Waals surface area contributed by atoms with Crippen molar-refractivity contribution in [2.75, 3.05) is 6.54 Å². The molecule has 0 heterocycles. The third-order valence-corrected chi connectivity index (χ3v) is 5.42. The second-order valence-electron chi connectivity index (χ2n) is 6.50. The normalized spacial score (nSPS) is 38.1. The van der Waals surface area contributed by atoms with Crippen molar-refractivity contribution >= 4 is 0 Å². The zero-order valence-corrected chi connectivity index (χ0v) is 11.4. The summed E-state index contributed by atoms with van der Waals surface area (Å²) in [6.07, 6.45) is 10.1. The van der Waals surface area contributed by atoms with Gasteiger partial charge in [-0.25, -0.2) is 0 Å². The van der Waals surface area contributed by atoms with Crippen LogP contribution < -0.4 is 5.32 Å². The van der Waals surface area contributed by atoms with Gasteiger partial charge in [0, 0.05) is 12.6 Å². The summed E-state index contributed by atoms with van der Waals surface area (Å²) in [5.41, 5.74) is 0.677. The van der Waals surface area contributed by atoms with Crippen molar-refractivity contribution in [1.29, 1.82) is 0 Å². The Labute approximate surface area is 101 Å². The molecule has 94 valence electrons. The SMILES string of the molecule is CCC1(CNC2C(C)CCCC2C)CCC1. The molecule has 0 amide bonds. The van der Waals surface area contributed by atoms with Crippen LogP contribution in [0, 0.1) is 17.3 Å². The van der Waals surface area contributed by atoms with Crippen LogP contribution in [0.3, 0.4) is 0 Å². The molecule has 1 N–H and O–H groups in total. The minimum atomic E-state index is 0.677. The van der Waals surface area contributed by atoms with E-state index in [1.807, 2.05) is 0 Å². The predicted octanol–water partition coefficient (Wildman–Crippen LogP) is 3.98. The molecule has 2 fully saturated rings. The Hall–Kier alpha value is -0.0400. The average molecular weight is 223 g/mol. The molecule has 0 aromatic heterocycles. The van der Waals surface area contributed by atoms with Crippen molar-refractivity contribution in [1.82, 2.24) is 5.32 Å². The first-order valence-electron chi connectivity index (χ1n) is 7.40. The fraction of sp³-hybridized carbons (Fsp3) is 1.00. The van der Waals surface area contributed by atoms with E-state index < -0.39 is 0 Å². The molecule has 2 unspecified atom stereocenters. The maximum Gasteiger partial charge on any atom is 0.0118 e. The molecule has 2 rings (SSSR count). The van der Waals surface area contributed by atoms with Crippen LogP contribution in [0.15, 0.2) is 0 Å². The number of nitrogens with one attached hydrogen (secondary N) is 1. The monoisotopic (exact) mass is 223 g/mol. The first-order chi connectivity index (χ1) is 7.67. The highest BCUT2D eigenvalue weighted by molar-refractivity contribution is 4.91. The van der Waals surface area contributed by atoms with Crippen LogP contribution in [-0.2, 0) is 0 Å². The lowest BCUT2D eigenvalue weighted by Crippen LogP contribution is -2.49. The van der Waals surface area contributed by atoms with Gasteiger partial charge in [0.05, 0.1) is 0 Å². The van der Waals surface area contributed by atoms with E-state index in [1.54, 1.807) is 0 Å². The summed E-state index contributed by atoms with van der Waals surface area (Å²) in [4.78, 5) is 0. The second-order valence-corrected chi connectivity index (χ2v) is 6.50. The Bertz CT molecular complexity index is 204. The van der Waals surface area contributed by atoms with E-state index in [2.05, 4.69) is 26.1 Å². The summed E-state index contributed by atoms with van der Waals surface area (Å²) >= 11 is 0. The maximum atomic E-state index is 3.91. The van der Waals surface area contributed by atoms with E-state index in [4.69, 9.17) is 0 Å². The number of hydrogen-bond donors (Lipinski definition) is 1. The number of hydrogen-bond acceptors (Lipinski definition) is 1. The van der Waals surface area contributed by atoms with Crippen LogP contribution in [0.2, 0.25) is 0 Å². The Kier molecular flexibility index (Phi) is 3.94. The predicted molar refractivity (Wildman–Crippen MR) is 70.5 cm³/mol. The minimum Gasteiger partial charge on any atom is -0.313 e. The Morgan fingerprint density at radius 1 is 1.06 bits per heavy atom. The molecule has 2 aliphatic carbocycles. The van der Waals surface area contributed by atoms with Gasteiger partial charge in [-0.05, 0) is 49.4 Å². The molecule has 1 nitrogen and oxygen atoms in total. The highest BCUT2D eigenvalue weighted by Crippen LogP contribution is 2.43. The molecule has 0 saturated heterocycles. The van der Waals surface area contributed by atoms with Gasteiger partial charge < -0.3 is 5.32 Å². The fourth-order valence-electron chi connectivity index (χ4n) is 3.75. The second kappa shape index (κ2) is 5.08. The standard InChI is InChI=1S/C15H29N/c1-4-15(9-6-10-15)11-16-14-12(2)7-5-8-13(14)3/h12-14,16H,4-11H2,1-3H3. The summed E-state index contributed by atoms with van der Waals surface area (Å²) in [5.74, 6) is 1.77. The summed E-state index contributed by atoms with van der Waals surface area (Å²) in [6, 6.07) is 0.790. The molecular weight excluding hydrogens is 194 g/mol. The summed E-state index contributed by atoms with van der Waals surface area (Å²) < 4.78 is 0.